The van der Waals surface area contributed by atoms with E-state index in [1.54, 1.807) is 17.5 Å². The fourth-order valence-electron chi connectivity index (χ4n) is 2.18. The minimum absolute atomic E-state index is 0.554. The van der Waals surface area contributed by atoms with E-state index in [0.29, 0.717) is 13.2 Å². The number of para-hydroxylation sites is 1. The van der Waals surface area contributed by atoms with Crippen LogP contribution in [0.1, 0.15) is 15.3 Å². The molecule has 0 atom stereocenters. The van der Waals surface area contributed by atoms with E-state index in [4.69, 9.17) is 10.5 Å². The lowest BCUT2D eigenvalue weighted by molar-refractivity contribution is 0.309. The van der Waals surface area contributed by atoms with Crippen molar-refractivity contribution in [3.63, 3.8) is 0 Å². The second kappa shape index (κ2) is 5.61. The summed E-state index contributed by atoms with van der Waals surface area (Å²) in [7, 11) is 0. The first-order valence-corrected chi connectivity index (χ1v) is 7.34. The summed E-state index contributed by atoms with van der Waals surface area (Å²) in [5.41, 5.74) is 7.78. The average molecular weight is 284 g/mol. The van der Waals surface area contributed by atoms with Crippen molar-refractivity contribution in [2.24, 2.45) is 5.73 Å². The van der Waals surface area contributed by atoms with Gasteiger partial charge in [0, 0.05) is 33.4 Å². The van der Waals surface area contributed by atoms with E-state index in [1.807, 2.05) is 30.3 Å². The number of nitrogens with two attached hydrogens (primary N) is 1. The summed E-state index contributed by atoms with van der Waals surface area (Å²) < 4.78 is 5.95. The molecule has 20 heavy (non-hydrogen) atoms. The zero-order chi connectivity index (χ0) is 13.9. The van der Waals surface area contributed by atoms with Gasteiger partial charge >= 0.3 is 0 Å². The lowest BCUT2D eigenvalue weighted by Crippen LogP contribution is -1.97. The molecule has 102 valence electrons. The van der Waals surface area contributed by atoms with Crippen LogP contribution in [-0.4, -0.2) is 4.98 Å². The fraction of sp³-hybridized carbons (Fsp3) is 0.188. The minimum Gasteiger partial charge on any atom is -0.487 e. The Morgan fingerprint density at radius 1 is 1.25 bits per heavy atom. The van der Waals surface area contributed by atoms with Crippen molar-refractivity contribution in [1.82, 2.24) is 4.98 Å². The van der Waals surface area contributed by atoms with E-state index < -0.39 is 0 Å². The van der Waals surface area contributed by atoms with Crippen molar-refractivity contribution in [1.29, 1.82) is 0 Å². The molecule has 2 N–H and O–H groups in total. The summed E-state index contributed by atoms with van der Waals surface area (Å²) in [6.45, 7) is 3.24. The molecule has 2 aromatic heterocycles. The van der Waals surface area contributed by atoms with Gasteiger partial charge in [-0.3, -0.25) is 4.98 Å². The molecular formula is C16H16N2OS. The Balaban J connectivity index is 1.85. The number of aryl methyl sites for hydroxylation is 1. The van der Waals surface area contributed by atoms with Crippen LogP contribution >= 0.6 is 11.3 Å². The first-order valence-electron chi connectivity index (χ1n) is 6.52. The highest BCUT2D eigenvalue weighted by molar-refractivity contribution is 7.12. The van der Waals surface area contributed by atoms with Crippen molar-refractivity contribution in [2.75, 3.05) is 0 Å². The molecule has 3 nitrogen and oxygen atoms in total. The SMILES string of the molecule is Cc1sc(CN)cc1COc1cccc2cccnc12. The van der Waals surface area contributed by atoms with E-state index in [-0.39, 0.29) is 0 Å². The van der Waals surface area contributed by atoms with Crippen LogP contribution in [0.25, 0.3) is 10.9 Å². The van der Waals surface area contributed by atoms with Gasteiger partial charge in [0.1, 0.15) is 17.9 Å². The van der Waals surface area contributed by atoms with Crippen molar-refractivity contribution in [3.05, 3.63) is 57.9 Å². The van der Waals surface area contributed by atoms with Gasteiger partial charge in [0.25, 0.3) is 0 Å². The highest BCUT2D eigenvalue weighted by Gasteiger charge is 2.07. The second-order valence-corrected chi connectivity index (χ2v) is 5.96. The van der Waals surface area contributed by atoms with Crippen LogP contribution in [-0.2, 0) is 13.2 Å². The molecule has 0 bridgehead atoms. The van der Waals surface area contributed by atoms with E-state index in [2.05, 4.69) is 18.0 Å². The van der Waals surface area contributed by atoms with Crippen molar-refractivity contribution < 1.29 is 4.74 Å². The zero-order valence-corrected chi connectivity index (χ0v) is 12.1. The Morgan fingerprint density at radius 3 is 2.90 bits per heavy atom. The number of aromatic nitrogens is 1. The molecule has 0 saturated heterocycles. The Hall–Kier alpha value is -1.91. The number of benzene rings is 1. The molecule has 0 aliphatic rings. The van der Waals surface area contributed by atoms with Crippen LogP contribution in [0.2, 0.25) is 0 Å². The maximum Gasteiger partial charge on any atom is 0.146 e. The van der Waals surface area contributed by atoms with Gasteiger partial charge in [0.2, 0.25) is 0 Å². The molecule has 0 aliphatic carbocycles. The minimum atomic E-state index is 0.554. The average Bonchev–Trinajstić information content (AvgIpc) is 2.85. The third-order valence-corrected chi connectivity index (χ3v) is 4.37. The third-order valence-electron chi connectivity index (χ3n) is 3.25. The summed E-state index contributed by atoms with van der Waals surface area (Å²) in [6, 6.07) is 12.1. The quantitative estimate of drug-likeness (QED) is 0.795. The molecule has 2 heterocycles. The summed E-state index contributed by atoms with van der Waals surface area (Å²) in [5, 5.41) is 1.09. The molecule has 0 spiro atoms. The molecule has 0 amide bonds. The van der Waals surface area contributed by atoms with Gasteiger partial charge in [-0.25, -0.2) is 0 Å². The number of hydrogen-bond donors (Lipinski definition) is 1. The van der Waals surface area contributed by atoms with Crippen LogP contribution in [0.5, 0.6) is 5.75 Å². The Bertz CT molecular complexity index is 731. The second-order valence-electron chi connectivity index (χ2n) is 4.62. The lowest BCUT2D eigenvalue weighted by Gasteiger charge is -2.08. The van der Waals surface area contributed by atoms with Gasteiger partial charge in [-0.15, -0.1) is 11.3 Å². The number of thiophene rings is 1. The maximum atomic E-state index is 5.95. The van der Waals surface area contributed by atoms with Gasteiger partial charge in [0.15, 0.2) is 0 Å². The van der Waals surface area contributed by atoms with Crippen molar-refractivity contribution in [3.8, 4) is 5.75 Å². The van der Waals surface area contributed by atoms with Gasteiger partial charge in [0.05, 0.1) is 0 Å². The zero-order valence-electron chi connectivity index (χ0n) is 11.3. The smallest absolute Gasteiger partial charge is 0.146 e. The molecule has 3 aromatic rings. The number of nitrogens with zero attached hydrogens (tertiary/aromatic N) is 1. The summed E-state index contributed by atoms with van der Waals surface area (Å²) in [5.74, 6) is 0.822. The first kappa shape index (κ1) is 13.1. The van der Waals surface area contributed by atoms with Crippen LogP contribution in [0.3, 0.4) is 0 Å². The first-order chi connectivity index (χ1) is 9.78. The number of ether oxygens (including phenoxy) is 1. The van der Waals surface area contributed by atoms with Crippen LogP contribution in [0.15, 0.2) is 42.6 Å². The van der Waals surface area contributed by atoms with Crippen molar-refractivity contribution >= 4 is 22.2 Å². The Labute approximate surface area is 122 Å². The van der Waals surface area contributed by atoms with E-state index in [0.717, 1.165) is 16.7 Å². The lowest BCUT2D eigenvalue weighted by atomic mass is 10.2. The standard InChI is InChI=1S/C16H16N2OS/c1-11-13(8-14(9-17)20-11)10-19-15-6-2-4-12-5-3-7-18-16(12)15/h2-8H,9-10,17H2,1H3. The van der Waals surface area contributed by atoms with Crippen molar-refractivity contribution in [2.45, 2.75) is 20.1 Å². The molecule has 1 aromatic carbocycles. The maximum absolute atomic E-state index is 5.95. The van der Waals surface area contributed by atoms with E-state index in [9.17, 15) is 0 Å². The molecule has 0 fully saturated rings. The molecule has 3 rings (SSSR count). The van der Waals surface area contributed by atoms with E-state index in [1.165, 1.54) is 15.3 Å². The fourth-order valence-corrected chi connectivity index (χ4v) is 3.11. The predicted molar refractivity (Wildman–Crippen MR) is 83.0 cm³/mol. The number of rotatable bonds is 4. The Morgan fingerprint density at radius 2 is 2.10 bits per heavy atom. The topological polar surface area (TPSA) is 48.1 Å². The molecule has 0 radical (unpaired) electrons. The van der Waals surface area contributed by atoms with Gasteiger partial charge < -0.3 is 10.5 Å². The van der Waals surface area contributed by atoms with Gasteiger partial charge in [-0.05, 0) is 25.1 Å². The molecule has 0 aliphatic heterocycles. The monoisotopic (exact) mass is 284 g/mol. The number of hydrogen-bond acceptors (Lipinski definition) is 4. The largest absolute Gasteiger partial charge is 0.487 e. The Kier molecular flexibility index (Phi) is 3.67. The predicted octanol–water partition coefficient (Wildman–Crippen LogP) is 3.64. The summed E-state index contributed by atoms with van der Waals surface area (Å²) in [4.78, 5) is 6.85. The normalized spacial score (nSPS) is 10.9. The highest BCUT2D eigenvalue weighted by atomic mass is 32.1. The third kappa shape index (κ3) is 2.53. The van der Waals surface area contributed by atoms with Gasteiger partial charge in [-0.1, -0.05) is 18.2 Å². The van der Waals surface area contributed by atoms with E-state index >= 15 is 0 Å². The van der Waals surface area contributed by atoms with Gasteiger partial charge in [-0.2, -0.15) is 0 Å². The molecule has 4 heteroatoms. The number of pyridine rings is 1. The summed E-state index contributed by atoms with van der Waals surface area (Å²) in [6.07, 6.45) is 1.79. The summed E-state index contributed by atoms with van der Waals surface area (Å²) >= 11 is 1.73. The molecule has 0 saturated carbocycles. The number of fused-ring (bicyclic) bond motifs is 1. The highest BCUT2D eigenvalue weighted by Crippen LogP contribution is 2.26. The van der Waals surface area contributed by atoms with Crippen LogP contribution < -0.4 is 10.5 Å². The van der Waals surface area contributed by atoms with Crippen LogP contribution in [0, 0.1) is 6.92 Å². The molecule has 0 unspecified atom stereocenters. The molecular weight excluding hydrogens is 268 g/mol. The van der Waals surface area contributed by atoms with Crippen LogP contribution in [0.4, 0.5) is 0 Å².